The number of hydrogen-bond acceptors (Lipinski definition) is 3. The maximum atomic E-state index is 13.3. The molecule has 0 unspecified atom stereocenters. The molecule has 15 heavy (non-hydrogen) atoms. The van der Waals surface area contributed by atoms with Gasteiger partial charge < -0.3 is 15.8 Å². The maximum Gasteiger partial charge on any atom is 0.258 e. The highest BCUT2D eigenvalue weighted by atomic mass is 19.1. The quantitative estimate of drug-likeness (QED) is 0.764. The van der Waals surface area contributed by atoms with Gasteiger partial charge in [-0.05, 0) is 12.1 Å². The van der Waals surface area contributed by atoms with E-state index >= 15 is 0 Å². The van der Waals surface area contributed by atoms with Crippen LogP contribution in [0.1, 0.15) is 10.4 Å². The Morgan fingerprint density at radius 3 is 2.93 bits per heavy atom. The number of benzene rings is 1. The van der Waals surface area contributed by atoms with Gasteiger partial charge in [-0.15, -0.1) is 0 Å². The van der Waals surface area contributed by atoms with Crippen LogP contribution in [-0.2, 0) is 0 Å². The molecule has 0 spiro atoms. The molecule has 0 aliphatic heterocycles. The molecule has 0 aliphatic rings. The van der Waals surface area contributed by atoms with Gasteiger partial charge in [-0.2, -0.15) is 0 Å². The third kappa shape index (κ3) is 2.66. The van der Waals surface area contributed by atoms with E-state index in [-0.39, 0.29) is 11.3 Å². The van der Waals surface area contributed by atoms with Crippen molar-refractivity contribution in [2.75, 3.05) is 20.2 Å². The fraction of sp³-hybridized carbons (Fsp3) is 0.300. The fourth-order valence-corrected chi connectivity index (χ4v) is 1.17. The van der Waals surface area contributed by atoms with E-state index in [2.05, 4.69) is 5.32 Å². The normalized spacial score (nSPS) is 9.80. The number of nitrogens with one attached hydrogen (secondary N) is 1. The molecule has 0 atom stereocenters. The van der Waals surface area contributed by atoms with Gasteiger partial charge in [0.15, 0.2) is 0 Å². The second-order valence-electron chi connectivity index (χ2n) is 2.86. The first-order chi connectivity index (χ1) is 7.20. The number of rotatable bonds is 4. The highest BCUT2D eigenvalue weighted by Gasteiger charge is 2.16. The van der Waals surface area contributed by atoms with Crippen LogP contribution in [0, 0.1) is 5.82 Å². The van der Waals surface area contributed by atoms with Crippen LogP contribution in [0.5, 0.6) is 5.75 Å². The zero-order valence-electron chi connectivity index (χ0n) is 8.42. The number of ether oxygens (including phenoxy) is 1. The summed E-state index contributed by atoms with van der Waals surface area (Å²) in [5.74, 6) is -0.913. The van der Waals surface area contributed by atoms with Crippen molar-refractivity contribution >= 4 is 5.91 Å². The molecule has 1 aromatic rings. The van der Waals surface area contributed by atoms with Gasteiger partial charge in [-0.25, -0.2) is 4.39 Å². The summed E-state index contributed by atoms with van der Waals surface area (Å²) in [6, 6.07) is 4.22. The highest BCUT2D eigenvalue weighted by Crippen LogP contribution is 2.20. The minimum atomic E-state index is -0.608. The number of nitrogens with two attached hydrogens (primary N) is 1. The molecule has 0 heterocycles. The molecule has 0 radical (unpaired) electrons. The first-order valence-electron chi connectivity index (χ1n) is 4.51. The van der Waals surface area contributed by atoms with Crippen LogP contribution in [0.2, 0.25) is 0 Å². The summed E-state index contributed by atoms with van der Waals surface area (Å²) in [6.45, 7) is 0.610. The fourth-order valence-electron chi connectivity index (χ4n) is 1.17. The van der Waals surface area contributed by atoms with Crippen molar-refractivity contribution < 1.29 is 13.9 Å². The average molecular weight is 212 g/mol. The lowest BCUT2D eigenvalue weighted by molar-refractivity contribution is 0.0947. The predicted octanol–water partition coefficient (Wildman–Crippen LogP) is 0.523. The van der Waals surface area contributed by atoms with Crippen molar-refractivity contribution in [3.8, 4) is 5.75 Å². The molecule has 1 rings (SSSR count). The van der Waals surface area contributed by atoms with Gasteiger partial charge in [0.2, 0.25) is 0 Å². The Morgan fingerprint density at radius 1 is 1.60 bits per heavy atom. The average Bonchev–Trinajstić information content (AvgIpc) is 2.25. The highest BCUT2D eigenvalue weighted by molar-refractivity contribution is 5.97. The second kappa shape index (κ2) is 5.31. The summed E-state index contributed by atoms with van der Waals surface area (Å²) >= 11 is 0. The van der Waals surface area contributed by atoms with Crippen LogP contribution in [0.25, 0.3) is 0 Å². The summed E-state index contributed by atoms with van der Waals surface area (Å²) in [6.07, 6.45) is 0. The number of methoxy groups -OCH3 is 1. The van der Waals surface area contributed by atoms with Gasteiger partial charge in [0.25, 0.3) is 5.91 Å². The summed E-state index contributed by atoms with van der Waals surface area (Å²) < 4.78 is 18.2. The molecule has 4 nitrogen and oxygen atoms in total. The van der Waals surface area contributed by atoms with E-state index in [1.807, 2.05) is 0 Å². The summed E-state index contributed by atoms with van der Waals surface area (Å²) in [7, 11) is 1.38. The Balaban J connectivity index is 2.95. The van der Waals surface area contributed by atoms with E-state index in [1.54, 1.807) is 0 Å². The lowest BCUT2D eigenvalue weighted by Gasteiger charge is -2.09. The van der Waals surface area contributed by atoms with Crippen LogP contribution < -0.4 is 15.8 Å². The molecule has 0 saturated heterocycles. The van der Waals surface area contributed by atoms with Gasteiger partial charge in [0.1, 0.15) is 17.1 Å². The zero-order chi connectivity index (χ0) is 11.3. The van der Waals surface area contributed by atoms with E-state index in [0.29, 0.717) is 13.1 Å². The number of hydrogen-bond donors (Lipinski definition) is 2. The van der Waals surface area contributed by atoms with Gasteiger partial charge >= 0.3 is 0 Å². The summed E-state index contributed by atoms with van der Waals surface area (Å²) in [5.41, 5.74) is 5.13. The number of carbonyl (C=O) groups excluding carboxylic acids is 1. The SMILES string of the molecule is COc1cccc(F)c1C(=O)NCCN. The number of carbonyl (C=O) groups is 1. The standard InChI is InChI=1S/C10H13FN2O2/c1-15-8-4-2-3-7(11)9(8)10(14)13-6-5-12/h2-4H,5-6,12H2,1H3,(H,13,14). The minimum absolute atomic E-state index is 0.0894. The van der Waals surface area contributed by atoms with E-state index in [4.69, 9.17) is 10.5 Å². The molecule has 82 valence electrons. The molecular formula is C10H13FN2O2. The monoisotopic (exact) mass is 212 g/mol. The molecule has 1 amide bonds. The van der Waals surface area contributed by atoms with Gasteiger partial charge in [-0.1, -0.05) is 6.07 Å². The molecule has 0 saturated carbocycles. The second-order valence-corrected chi connectivity index (χ2v) is 2.86. The molecule has 3 N–H and O–H groups in total. The smallest absolute Gasteiger partial charge is 0.258 e. The van der Waals surface area contributed by atoms with Gasteiger partial charge in [0.05, 0.1) is 7.11 Å². The van der Waals surface area contributed by atoms with Crippen LogP contribution in [0.4, 0.5) is 4.39 Å². The van der Waals surface area contributed by atoms with Crippen LogP contribution in [0.15, 0.2) is 18.2 Å². The van der Waals surface area contributed by atoms with Crippen molar-refractivity contribution in [2.45, 2.75) is 0 Å². The maximum absolute atomic E-state index is 13.3. The van der Waals surface area contributed by atoms with E-state index < -0.39 is 11.7 Å². The number of amides is 1. The van der Waals surface area contributed by atoms with Crippen molar-refractivity contribution in [1.82, 2.24) is 5.32 Å². The molecule has 5 heteroatoms. The van der Waals surface area contributed by atoms with Crippen molar-refractivity contribution in [2.24, 2.45) is 5.73 Å². The third-order valence-corrected chi connectivity index (χ3v) is 1.85. The van der Waals surface area contributed by atoms with E-state index in [0.717, 1.165) is 0 Å². The van der Waals surface area contributed by atoms with Crippen LogP contribution in [-0.4, -0.2) is 26.1 Å². The first-order valence-corrected chi connectivity index (χ1v) is 4.51. The third-order valence-electron chi connectivity index (χ3n) is 1.85. The summed E-state index contributed by atoms with van der Waals surface area (Å²) in [4.78, 5) is 11.5. The molecule has 0 aromatic heterocycles. The Kier molecular flexibility index (Phi) is 4.05. The lowest BCUT2D eigenvalue weighted by atomic mass is 10.1. The largest absolute Gasteiger partial charge is 0.496 e. The number of halogens is 1. The molecule has 0 aliphatic carbocycles. The molecule has 1 aromatic carbocycles. The Bertz CT molecular complexity index is 355. The molecular weight excluding hydrogens is 199 g/mol. The van der Waals surface area contributed by atoms with Crippen LogP contribution >= 0.6 is 0 Å². The topological polar surface area (TPSA) is 64.3 Å². The van der Waals surface area contributed by atoms with Crippen LogP contribution in [0.3, 0.4) is 0 Å². The Morgan fingerprint density at radius 2 is 2.33 bits per heavy atom. The van der Waals surface area contributed by atoms with Gasteiger partial charge in [-0.3, -0.25) is 4.79 Å². The van der Waals surface area contributed by atoms with E-state index in [9.17, 15) is 9.18 Å². The van der Waals surface area contributed by atoms with Crippen molar-refractivity contribution in [1.29, 1.82) is 0 Å². The van der Waals surface area contributed by atoms with Crippen molar-refractivity contribution in [3.63, 3.8) is 0 Å². The first kappa shape index (κ1) is 11.5. The van der Waals surface area contributed by atoms with E-state index in [1.165, 1.54) is 25.3 Å². The molecule has 0 fully saturated rings. The zero-order valence-corrected chi connectivity index (χ0v) is 8.42. The molecule has 0 bridgehead atoms. The predicted molar refractivity (Wildman–Crippen MR) is 54.3 cm³/mol. The van der Waals surface area contributed by atoms with Gasteiger partial charge in [0, 0.05) is 13.1 Å². The Labute approximate surface area is 87.2 Å². The summed E-state index contributed by atoms with van der Waals surface area (Å²) in [5, 5.41) is 2.48. The minimum Gasteiger partial charge on any atom is -0.496 e. The van der Waals surface area contributed by atoms with Crippen molar-refractivity contribution in [3.05, 3.63) is 29.6 Å². The lowest BCUT2D eigenvalue weighted by Crippen LogP contribution is -2.30. The Hall–Kier alpha value is -1.62.